The monoisotopic (exact) mass is 1140 g/mol. The van der Waals surface area contributed by atoms with E-state index < -0.39 is 8.07 Å². The van der Waals surface area contributed by atoms with Crippen LogP contribution in [0.4, 0.5) is 0 Å². The summed E-state index contributed by atoms with van der Waals surface area (Å²) in [5.41, 5.74) is 16.2. The minimum absolute atomic E-state index is 0.569. The molecule has 4 heterocycles. The molecule has 0 saturated carbocycles. The molecule has 0 atom stereocenters. The molecule has 0 aliphatic rings. The lowest BCUT2D eigenvalue weighted by Crippen LogP contribution is -2.74. The van der Waals surface area contributed by atoms with Gasteiger partial charge in [0.2, 0.25) is 5.95 Å². The zero-order chi connectivity index (χ0) is 58.1. The summed E-state index contributed by atoms with van der Waals surface area (Å²) in [5, 5.41) is 12.1. The van der Waals surface area contributed by atoms with Crippen molar-refractivity contribution in [3.8, 4) is 62.1 Å². The summed E-state index contributed by atoms with van der Waals surface area (Å²) < 4.78 is 7.14. The Morgan fingerprint density at radius 2 is 0.636 bits per heavy atom. The molecule has 6 heteroatoms. The van der Waals surface area contributed by atoms with Crippen LogP contribution in [-0.4, -0.2) is 31.7 Å². The molecule has 412 valence electrons. The highest BCUT2D eigenvalue weighted by atomic mass is 28.3. The molecular formula is C82H55N5Si. The highest BCUT2D eigenvalue weighted by molar-refractivity contribution is 7.20. The zero-order valence-corrected chi connectivity index (χ0v) is 49.0. The maximum absolute atomic E-state index is 5.94. The number of para-hydroxylation sites is 5. The molecule has 0 saturated heterocycles. The van der Waals surface area contributed by atoms with E-state index in [9.17, 15) is 0 Å². The molecule has 0 unspecified atom stereocenters. The van der Waals surface area contributed by atoms with Crippen LogP contribution in [0.15, 0.2) is 334 Å². The Kier molecular flexibility index (Phi) is 12.2. The first-order chi connectivity index (χ1) is 43.7. The second-order valence-electron chi connectivity index (χ2n) is 22.8. The molecule has 0 radical (unpaired) electrons. The average Bonchev–Trinajstić information content (AvgIpc) is 1.58. The average molecular weight is 1140 g/mol. The maximum Gasteiger partial charge on any atom is 0.237 e. The van der Waals surface area contributed by atoms with E-state index in [2.05, 4.69) is 347 Å². The molecule has 17 rings (SSSR count). The van der Waals surface area contributed by atoms with Gasteiger partial charge < -0.3 is 4.57 Å². The van der Waals surface area contributed by atoms with Gasteiger partial charge in [-0.05, 0) is 79.4 Å². The Morgan fingerprint density at radius 3 is 1.20 bits per heavy atom. The standard InChI is InChI=1S/C82H55N5Si/c1-6-26-56(27-7-1)59-32-22-38-64(52-59)88(62-34-12-4-13-35-62,63-36-14-5-15-37-63)65-39-23-33-60(53-65)74-55-79(86-77-49-21-18-42-70(77)71-45-24-43-66(80(71)86)57-28-8-2-9-29-57)84-82(83-74)87-78-51-50-61(85-75-47-19-16-40-68(75)69-41-17-20-48-76(69)85)54-73(78)72-46-25-44-67(81(72)87)58-30-10-3-11-31-58/h1-55H. The van der Waals surface area contributed by atoms with Crippen LogP contribution in [0.25, 0.3) is 128 Å². The van der Waals surface area contributed by atoms with Gasteiger partial charge >= 0.3 is 0 Å². The highest BCUT2D eigenvalue weighted by Crippen LogP contribution is 2.43. The minimum atomic E-state index is -3.12. The van der Waals surface area contributed by atoms with Gasteiger partial charge in [-0.15, -0.1) is 0 Å². The Labute approximate surface area is 510 Å². The van der Waals surface area contributed by atoms with Gasteiger partial charge in [0, 0.05) is 60.8 Å². The highest BCUT2D eigenvalue weighted by Gasteiger charge is 2.42. The number of rotatable bonds is 11. The van der Waals surface area contributed by atoms with E-state index in [1.54, 1.807) is 0 Å². The van der Waals surface area contributed by atoms with Crippen molar-refractivity contribution in [3.63, 3.8) is 0 Å². The molecular weight excluding hydrogens is 1080 g/mol. The van der Waals surface area contributed by atoms with E-state index >= 15 is 0 Å². The van der Waals surface area contributed by atoms with E-state index in [1.807, 2.05) is 0 Å². The fourth-order valence-corrected chi connectivity index (χ4v) is 19.0. The number of benzene rings is 13. The van der Waals surface area contributed by atoms with Crippen LogP contribution in [0.3, 0.4) is 0 Å². The fraction of sp³-hybridized carbons (Fsp3) is 0. The van der Waals surface area contributed by atoms with Gasteiger partial charge in [-0.1, -0.05) is 291 Å². The minimum Gasteiger partial charge on any atom is -0.309 e. The maximum atomic E-state index is 5.94. The topological polar surface area (TPSA) is 40.6 Å². The Morgan fingerprint density at radius 1 is 0.239 bits per heavy atom. The van der Waals surface area contributed by atoms with E-state index in [-0.39, 0.29) is 0 Å². The Bertz CT molecular complexity index is 5400. The predicted octanol–water partition coefficient (Wildman–Crippen LogP) is 17.8. The van der Waals surface area contributed by atoms with Crippen molar-refractivity contribution in [1.29, 1.82) is 0 Å². The van der Waals surface area contributed by atoms with Gasteiger partial charge in [0.05, 0.1) is 38.8 Å². The third kappa shape index (κ3) is 8.14. The summed E-state index contributed by atoms with van der Waals surface area (Å²) >= 11 is 0. The smallest absolute Gasteiger partial charge is 0.237 e. The van der Waals surface area contributed by atoms with Gasteiger partial charge in [-0.3, -0.25) is 9.13 Å². The third-order valence-electron chi connectivity index (χ3n) is 18.0. The molecule has 5 nitrogen and oxygen atoms in total. The molecule has 88 heavy (non-hydrogen) atoms. The number of aromatic nitrogens is 5. The molecule has 0 aliphatic carbocycles. The van der Waals surface area contributed by atoms with Crippen LogP contribution in [0.1, 0.15) is 0 Å². The largest absolute Gasteiger partial charge is 0.309 e. The summed E-state index contributed by atoms with van der Waals surface area (Å²) in [5.74, 6) is 1.33. The molecule has 17 aromatic rings. The fourth-order valence-electron chi connectivity index (χ4n) is 14.2. The lowest BCUT2D eigenvalue weighted by molar-refractivity contribution is 0.952. The molecule has 13 aromatic carbocycles. The molecule has 0 bridgehead atoms. The summed E-state index contributed by atoms with van der Waals surface area (Å²) in [6, 6.07) is 122. The first-order valence-corrected chi connectivity index (χ1v) is 32.1. The normalized spacial score (nSPS) is 11.9. The van der Waals surface area contributed by atoms with Crippen molar-refractivity contribution in [3.05, 3.63) is 334 Å². The lowest BCUT2D eigenvalue weighted by atomic mass is 10.0. The van der Waals surface area contributed by atoms with Crippen LogP contribution in [0, 0.1) is 0 Å². The first kappa shape index (κ1) is 51.0. The van der Waals surface area contributed by atoms with Crippen LogP contribution in [0.2, 0.25) is 0 Å². The lowest BCUT2D eigenvalue weighted by Gasteiger charge is -2.35. The molecule has 0 aliphatic heterocycles. The van der Waals surface area contributed by atoms with Gasteiger partial charge in [0.25, 0.3) is 0 Å². The SMILES string of the molecule is c1ccc(-c2cccc([Si](c3ccccc3)(c3ccccc3)c3cccc(-c4cc(-n5c6ccccc6c6cccc(-c7ccccc7)c65)nc(-n5c6ccc(-n7c8ccccc8c8ccccc87)cc6c6cccc(-c7ccccc7)c65)n4)c3)c2)cc1. The first-order valence-electron chi connectivity index (χ1n) is 30.1. The number of hydrogen-bond donors (Lipinski definition) is 0. The van der Waals surface area contributed by atoms with Crippen LogP contribution >= 0.6 is 0 Å². The predicted molar refractivity (Wildman–Crippen MR) is 370 cm³/mol. The number of nitrogens with zero attached hydrogens (tertiary/aromatic N) is 5. The van der Waals surface area contributed by atoms with Crippen molar-refractivity contribution in [2.24, 2.45) is 0 Å². The van der Waals surface area contributed by atoms with Gasteiger partial charge in [0.15, 0.2) is 8.07 Å². The van der Waals surface area contributed by atoms with E-state index in [4.69, 9.17) is 9.97 Å². The molecule has 0 fully saturated rings. The molecule has 0 N–H and O–H groups in total. The van der Waals surface area contributed by atoms with Crippen molar-refractivity contribution < 1.29 is 0 Å². The number of hydrogen-bond acceptors (Lipinski definition) is 2. The zero-order valence-electron chi connectivity index (χ0n) is 48.0. The van der Waals surface area contributed by atoms with Crippen molar-refractivity contribution in [2.45, 2.75) is 0 Å². The molecule has 4 aromatic heterocycles. The van der Waals surface area contributed by atoms with Crippen molar-refractivity contribution >= 4 is 94.2 Å². The number of fused-ring (bicyclic) bond motifs is 9. The second kappa shape index (κ2) is 21.0. The Balaban J connectivity index is 0.978. The summed E-state index contributed by atoms with van der Waals surface area (Å²) in [7, 11) is -3.12. The van der Waals surface area contributed by atoms with E-state index in [1.165, 1.54) is 42.6 Å². The third-order valence-corrected chi connectivity index (χ3v) is 22.8. The quantitative estimate of drug-likeness (QED) is 0.0956. The summed E-state index contributed by atoms with van der Waals surface area (Å²) in [6.45, 7) is 0. The Hall–Kier alpha value is -11.4. The van der Waals surface area contributed by atoms with Gasteiger partial charge in [0.1, 0.15) is 5.82 Å². The van der Waals surface area contributed by atoms with Crippen molar-refractivity contribution in [2.75, 3.05) is 0 Å². The van der Waals surface area contributed by atoms with Gasteiger partial charge in [-0.2, -0.15) is 4.98 Å². The molecule has 0 amide bonds. The summed E-state index contributed by atoms with van der Waals surface area (Å²) in [4.78, 5) is 11.9. The van der Waals surface area contributed by atoms with Crippen LogP contribution < -0.4 is 20.7 Å². The van der Waals surface area contributed by atoms with Crippen molar-refractivity contribution in [1.82, 2.24) is 23.7 Å². The van der Waals surface area contributed by atoms with E-state index in [0.29, 0.717) is 5.95 Å². The van der Waals surface area contributed by atoms with Gasteiger partial charge in [-0.25, -0.2) is 4.98 Å². The second-order valence-corrected chi connectivity index (χ2v) is 26.6. The van der Waals surface area contributed by atoms with Crippen LogP contribution in [-0.2, 0) is 0 Å². The van der Waals surface area contributed by atoms with E-state index in [0.717, 1.165) is 99.7 Å². The van der Waals surface area contributed by atoms with Crippen LogP contribution in [0.5, 0.6) is 0 Å². The summed E-state index contributed by atoms with van der Waals surface area (Å²) in [6.07, 6.45) is 0. The molecule has 0 spiro atoms.